The maximum Gasteiger partial charge on any atom is 0.146 e. The summed E-state index contributed by atoms with van der Waals surface area (Å²) in [5, 5.41) is 1.02. The van der Waals surface area contributed by atoms with Crippen LogP contribution in [0.2, 0.25) is 0 Å². The van der Waals surface area contributed by atoms with E-state index in [0.717, 1.165) is 39.2 Å². The smallest absolute Gasteiger partial charge is 0.146 e. The van der Waals surface area contributed by atoms with Gasteiger partial charge in [0, 0.05) is 23.7 Å². The Balaban J connectivity index is 2.11. The van der Waals surface area contributed by atoms with Crippen LogP contribution in [-0.4, -0.2) is 23.7 Å². The molecule has 26 heavy (non-hydrogen) atoms. The lowest BCUT2D eigenvalue weighted by Crippen LogP contribution is -2.23. The lowest BCUT2D eigenvalue weighted by molar-refractivity contribution is 0.414. The molecule has 0 atom stereocenters. The van der Waals surface area contributed by atoms with Crippen LogP contribution in [0.15, 0.2) is 83.9 Å². The maximum absolute atomic E-state index is 5.30. The van der Waals surface area contributed by atoms with Crippen LogP contribution in [0.3, 0.4) is 0 Å². The number of ether oxygens (including phenoxy) is 1. The van der Waals surface area contributed by atoms with Gasteiger partial charge >= 0.3 is 0 Å². The van der Waals surface area contributed by atoms with Gasteiger partial charge in [-0.15, -0.1) is 0 Å². The molecular weight excluding hydrogens is 322 g/mol. The number of methoxy groups -OCH3 is 1. The van der Waals surface area contributed by atoms with Crippen molar-refractivity contribution in [2.75, 3.05) is 14.2 Å². The van der Waals surface area contributed by atoms with Crippen LogP contribution in [0.4, 0.5) is 0 Å². The molecule has 128 valence electrons. The molecule has 4 aromatic rings. The van der Waals surface area contributed by atoms with Crippen LogP contribution in [0, 0.1) is 0 Å². The molecule has 0 fully saturated rings. The quantitative estimate of drug-likeness (QED) is 0.559. The Morgan fingerprint density at radius 3 is 2.23 bits per heavy atom. The van der Waals surface area contributed by atoms with E-state index in [0.29, 0.717) is 0 Å². The van der Waals surface area contributed by atoms with Crippen LogP contribution in [0.25, 0.3) is 28.0 Å². The number of para-hydroxylation sites is 1. The Morgan fingerprint density at radius 2 is 1.54 bits per heavy atom. The molecule has 4 heteroatoms. The topological polar surface area (TPSA) is 39.4 Å². The van der Waals surface area contributed by atoms with E-state index in [1.807, 2.05) is 67.7 Å². The second kappa shape index (κ2) is 6.84. The molecule has 0 aliphatic rings. The molecule has 0 aliphatic carbocycles. The Bertz CT molecular complexity index is 1110. The van der Waals surface area contributed by atoms with Crippen molar-refractivity contribution in [3.8, 4) is 22.8 Å². The van der Waals surface area contributed by atoms with Gasteiger partial charge < -0.3 is 4.74 Å². The van der Waals surface area contributed by atoms with Crippen molar-refractivity contribution < 1.29 is 4.74 Å². The molecule has 0 aliphatic heterocycles. The number of fused-ring (bicyclic) bond motifs is 1. The molecule has 0 unspecified atom stereocenters. The van der Waals surface area contributed by atoms with Gasteiger partial charge in [0.05, 0.1) is 12.6 Å². The third-order valence-electron chi connectivity index (χ3n) is 4.37. The SMILES string of the molecule is CN=c1c2ccccc2nc(-c2ccccc2)n1-c1ccc(OC)cc1. The summed E-state index contributed by atoms with van der Waals surface area (Å²) in [6.07, 6.45) is 0. The number of benzene rings is 3. The van der Waals surface area contributed by atoms with Gasteiger partial charge in [0.2, 0.25) is 0 Å². The average Bonchev–Trinajstić information content (AvgIpc) is 2.73. The zero-order valence-electron chi connectivity index (χ0n) is 14.8. The van der Waals surface area contributed by atoms with Crippen molar-refractivity contribution in [2.45, 2.75) is 0 Å². The molecule has 1 aromatic heterocycles. The predicted molar refractivity (Wildman–Crippen MR) is 105 cm³/mol. The van der Waals surface area contributed by atoms with Crippen molar-refractivity contribution in [1.82, 2.24) is 9.55 Å². The van der Waals surface area contributed by atoms with Gasteiger partial charge in [-0.1, -0.05) is 42.5 Å². The van der Waals surface area contributed by atoms with Crippen LogP contribution >= 0.6 is 0 Å². The Morgan fingerprint density at radius 1 is 0.846 bits per heavy atom. The van der Waals surface area contributed by atoms with Gasteiger partial charge in [-0.2, -0.15) is 0 Å². The fourth-order valence-electron chi connectivity index (χ4n) is 3.12. The molecule has 0 radical (unpaired) electrons. The Kier molecular flexibility index (Phi) is 4.23. The highest BCUT2D eigenvalue weighted by molar-refractivity contribution is 5.80. The highest BCUT2D eigenvalue weighted by atomic mass is 16.5. The first-order valence-electron chi connectivity index (χ1n) is 8.46. The number of rotatable bonds is 3. The summed E-state index contributed by atoms with van der Waals surface area (Å²) in [5.41, 5.74) is 3.83. The Labute approximate surface area is 152 Å². The summed E-state index contributed by atoms with van der Waals surface area (Å²) in [5.74, 6) is 1.68. The zero-order chi connectivity index (χ0) is 17.9. The third-order valence-corrected chi connectivity index (χ3v) is 4.37. The van der Waals surface area contributed by atoms with Crippen LogP contribution < -0.4 is 10.2 Å². The molecule has 0 bridgehead atoms. The standard InChI is InChI=1S/C22H19N3O/c1-23-22-19-10-6-7-11-20(19)24-21(16-8-4-3-5-9-16)25(22)17-12-14-18(26-2)15-13-17/h3-15H,1-2H3. The highest BCUT2D eigenvalue weighted by Crippen LogP contribution is 2.23. The number of aromatic nitrogens is 2. The largest absolute Gasteiger partial charge is 0.497 e. The van der Waals surface area contributed by atoms with E-state index in [-0.39, 0.29) is 0 Å². The summed E-state index contributed by atoms with van der Waals surface area (Å²) in [6, 6.07) is 26.2. The van der Waals surface area contributed by atoms with Crippen LogP contribution in [0.1, 0.15) is 0 Å². The molecule has 4 nitrogen and oxygen atoms in total. The normalized spacial score (nSPS) is 11.7. The molecule has 0 N–H and O–H groups in total. The maximum atomic E-state index is 5.30. The van der Waals surface area contributed by atoms with Gasteiger partial charge in [0.1, 0.15) is 17.1 Å². The van der Waals surface area contributed by atoms with Crippen LogP contribution in [0.5, 0.6) is 5.75 Å². The first kappa shape index (κ1) is 16.1. The minimum Gasteiger partial charge on any atom is -0.497 e. The summed E-state index contributed by atoms with van der Waals surface area (Å²) < 4.78 is 7.39. The van der Waals surface area contributed by atoms with Gasteiger partial charge in [-0.05, 0) is 36.4 Å². The predicted octanol–water partition coefficient (Wildman–Crippen LogP) is 4.23. The second-order valence-corrected chi connectivity index (χ2v) is 5.90. The molecule has 0 amide bonds. The highest BCUT2D eigenvalue weighted by Gasteiger charge is 2.13. The fraction of sp³-hybridized carbons (Fsp3) is 0.0909. The fourth-order valence-corrected chi connectivity index (χ4v) is 3.12. The number of hydrogen-bond acceptors (Lipinski definition) is 3. The monoisotopic (exact) mass is 341 g/mol. The number of hydrogen-bond donors (Lipinski definition) is 0. The van der Waals surface area contributed by atoms with E-state index in [4.69, 9.17) is 9.72 Å². The van der Waals surface area contributed by atoms with Gasteiger partial charge in [0.25, 0.3) is 0 Å². The Hall–Kier alpha value is -3.40. The lowest BCUT2D eigenvalue weighted by Gasteiger charge is -2.16. The minimum absolute atomic E-state index is 0.819. The molecule has 3 aromatic carbocycles. The van der Waals surface area contributed by atoms with E-state index in [1.54, 1.807) is 7.11 Å². The summed E-state index contributed by atoms with van der Waals surface area (Å²) >= 11 is 0. The molecule has 0 spiro atoms. The van der Waals surface area contributed by atoms with Crippen molar-refractivity contribution in [3.63, 3.8) is 0 Å². The van der Waals surface area contributed by atoms with Crippen molar-refractivity contribution in [1.29, 1.82) is 0 Å². The van der Waals surface area contributed by atoms with E-state index in [9.17, 15) is 0 Å². The van der Waals surface area contributed by atoms with Crippen molar-refractivity contribution >= 4 is 10.9 Å². The van der Waals surface area contributed by atoms with Crippen molar-refractivity contribution in [3.05, 3.63) is 84.4 Å². The van der Waals surface area contributed by atoms with Gasteiger partial charge in [-0.25, -0.2) is 4.98 Å². The van der Waals surface area contributed by atoms with E-state index in [1.165, 1.54) is 0 Å². The van der Waals surface area contributed by atoms with Gasteiger partial charge in [-0.3, -0.25) is 9.56 Å². The molecule has 0 saturated carbocycles. The van der Waals surface area contributed by atoms with E-state index in [2.05, 4.69) is 27.8 Å². The lowest BCUT2D eigenvalue weighted by atomic mass is 10.1. The third kappa shape index (κ3) is 2.75. The van der Waals surface area contributed by atoms with Crippen molar-refractivity contribution in [2.24, 2.45) is 4.99 Å². The molecule has 4 rings (SSSR count). The molecule has 0 saturated heterocycles. The summed E-state index contributed by atoms with van der Waals surface area (Å²) in [4.78, 5) is 9.54. The molecule has 1 heterocycles. The van der Waals surface area contributed by atoms with Crippen LogP contribution in [-0.2, 0) is 0 Å². The second-order valence-electron chi connectivity index (χ2n) is 5.90. The molecular formula is C22H19N3O. The van der Waals surface area contributed by atoms with Gasteiger partial charge in [0.15, 0.2) is 0 Å². The zero-order valence-corrected chi connectivity index (χ0v) is 14.8. The van der Waals surface area contributed by atoms with E-state index < -0.39 is 0 Å². The first-order valence-corrected chi connectivity index (χ1v) is 8.46. The number of nitrogens with zero attached hydrogens (tertiary/aromatic N) is 3. The average molecular weight is 341 g/mol. The summed E-state index contributed by atoms with van der Waals surface area (Å²) in [7, 11) is 3.48. The first-order chi connectivity index (χ1) is 12.8. The van der Waals surface area contributed by atoms with E-state index >= 15 is 0 Å². The minimum atomic E-state index is 0.819. The summed E-state index contributed by atoms with van der Waals surface area (Å²) in [6.45, 7) is 0.